The van der Waals surface area contributed by atoms with Crippen LogP contribution in [0.5, 0.6) is 51.7 Å². The van der Waals surface area contributed by atoms with Gasteiger partial charge in [-0.1, -0.05) is 42.5 Å². The number of phenolic OH excluding ortho intramolecular Hbond substituents is 7. The maximum absolute atomic E-state index is 11.2. The Balaban J connectivity index is 1.32. The summed E-state index contributed by atoms with van der Waals surface area (Å²) >= 11 is 0. The molecule has 2 aliphatic heterocycles. The van der Waals surface area contributed by atoms with Crippen molar-refractivity contribution in [1.82, 2.24) is 0 Å². The Bertz CT molecular complexity index is 2270. The van der Waals surface area contributed by atoms with Crippen LogP contribution in [0.1, 0.15) is 68.6 Å². The lowest BCUT2D eigenvalue weighted by Gasteiger charge is -2.26. The highest BCUT2D eigenvalue weighted by Gasteiger charge is 2.45. The van der Waals surface area contributed by atoms with Gasteiger partial charge < -0.3 is 45.2 Å². The average molecular weight is 681 g/mol. The summed E-state index contributed by atoms with van der Waals surface area (Å²) in [5, 5.41) is 72.5. The third-order valence-electron chi connectivity index (χ3n) is 9.41. The molecule has 0 radical (unpaired) electrons. The van der Waals surface area contributed by atoms with E-state index in [-0.39, 0.29) is 40.2 Å². The first-order chi connectivity index (χ1) is 24.6. The number of phenols is 7. The predicted octanol–water partition coefficient (Wildman–Crippen LogP) is 8.33. The molecular formula is C42H32O9. The summed E-state index contributed by atoms with van der Waals surface area (Å²) in [6.45, 7) is 0. The van der Waals surface area contributed by atoms with Crippen molar-refractivity contribution in [2.24, 2.45) is 0 Å². The maximum Gasteiger partial charge on any atom is 0.135 e. The summed E-state index contributed by atoms with van der Waals surface area (Å²) in [4.78, 5) is 0. The molecule has 51 heavy (non-hydrogen) atoms. The fourth-order valence-electron chi connectivity index (χ4n) is 7.29. The van der Waals surface area contributed by atoms with E-state index < -0.39 is 24.0 Å². The van der Waals surface area contributed by atoms with Crippen molar-refractivity contribution in [3.63, 3.8) is 0 Å². The average Bonchev–Trinajstić information content (AvgIpc) is 3.66. The Kier molecular flexibility index (Phi) is 7.60. The molecule has 8 rings (SSSR count). The standard InChI is InChI=1S/C42H32O9/c43-27-8-4-24(5-9-27)41-38(26-16-31(47)19-32(48)17-26)40-35(20-33(49)21-37(40)51-41)39-34-15-22(1-2-23-13-29(45)18-30(46)14-23)3-12-36(34)50-42(39)25-6-10-28(44)11-7-25/h1-21,38-39,41-49H/b2-1+. The van der Waals surface area contributed by atoms with E-state index in [1.807, 2.05) is 24.3 Å². The molecule has 9 heteroatoms. The van der Waals surface area contributed by atoms with Crippen molar-refractivity contribution in [2.45, 2.75) is 24.0 Å². The number of hydrogen-bond donors (Lipinski definition) is 7. The molecule has 0 saturated carbocycles. The van der Waals surface area contributed by atoms with Gasteiger partial charge in [0, 0.05) is 29.3 Å². The molecule has 0 amide bonds. The van der Waals surface area contributed by atoms with E-state index in [0.717, 1.165) is 27.8 Å². The Morgan fingerprint density at radius 3 is 1.49 bits per heavy atom. The van der Waals surface area contributed by atoms with Crippen LogP contribution in [0.3, 0.4) is 0 Å². The summed E-state index contributed by atoms with van der Waals surface area (Å²) in [6, 6.07) is 31.1. The number of rotatable bonds is 6. The number of hydrogen-bond acceptors (Lipinski definition) is 9. The van der Waals surface area contributed by atoms with Crippen LogP contribution in [0.4, 0.5) is 0 Å². The van der Waals surface area contributed by atoms with Gasteiger partial charge in [-0.2, -0.15) is 0 Å². The fraction of sp³-hybridized carbons (Fsp3) is 0.0952. The van der Waals surface area contributed by atoms with Gasteiger partial charge in [0.1, 0.15) is 64.0 Å². The molecular weight excluding hydrogens is 648 g/mol. The van der Waals surface area contributed by atoms with Gasteiger partial charge in [0.2, 0.25) is 0 Å². The van der Waals surface area contributed by atoms with Crippen molar-refractivity contribution in [3.05, 3.63) is 160 Å². The molecule has 0 saturated heterocycles. The zero-order valence-electron chi connectivity index (χ0n) is 26.9. The van der Waals surface area contributed by atoms with Crippen LogP contribution in [0.15, 0.2) is 115 Å². The molecule has 4 atom stereocenters. The number of fused-ring (bicyclic) bond motifs is 2. The highest BCUT2D eigenvalue weighted by molar-refractivity contribution is 5.73. The maximum atomic E-state index is 11.2. The summed E-state index contributed by atoms with van der Waals surface area (Å²) in [5.41, 5.74) is 5.70. The number of aromatic hydroxyl groups is 7. The second kappa shape index (κ2) is 12.3. The fourth-order valence-corrected chi connectivity index (χ4v) is 7.29. The molecule has 2 aliphatic rings. The lowest BCUT2D eigenvalue weighted by Crippen LogP contribution is -2.16. The van der Waals surface area contributed by atoms with E-state index in [0.29, 0.717) is 28.2 Å². The third kappa shape index (κ3) is 5.95. The molecule has 0 aliphatic carbocycles. The normalized spacial score (nSPS) is 19.0. The van der Waals surface area contributed by atoms with Crippen LogP contribution in [0.2, 0.25) is 0 Å². The first-order valence-corrected chi connectivity index (χ1v) is 16.3. The van der Waals surface area contributed by atoms with Crippen LogP contribution < -0.4 is 9.47 Å². The Morgan fingerprint density at radius 1 is 0.373 bits per heavy atom. The van der Waals surface area contributed by atoms with Gasteiger partial charge in [-0.05, 0) is 100 Å². The molecule has 2 heterocycles. The minimum atomic E-state index is -0.663. The molecule has 0 spiro atoms. The van der Waals surface area contributed by atoms with Crippen LogP contribution in [-0.4, -0.2) is 35.7 Å². The second-order valence-electron chi connectivity index (χ2n) is 12.9. The van der Waals surface area contributed by atoms with Gasteiger partial charge >= 0.3 is 0 Å². The minimum absolute atomic E-state index is 0.0368. The van der Waals surface area contributed by atoms with Gasteiger partial charge in [0.25, 0.3) is 0 Å². The largest absolute Gasteiger partial charge is 0.508 e. The van der Waals surface area contributed by atoms with Gasteiger partial charge in [-0.25, -0.2) is 0 Å². The highest BCUT2D eigenvalue weighted by atomic mass is 16.5. The molecule has 9 nitrogen and oxygen atoms in total. The van der Waals surface area contributed by atoms with Crippen LogP contribution in [0, 0.1) is 0 Å². The smallest absolute Gasteiger partial charge is 0.135 e. The molecule has 4 unspecified atom stereocenters. The minimum Gasteiger partial charge on any atom is -0.508 e. The second-order valence-corrected chi connectivity index (χ2v) is 12.9. The zero-order chi connectivity index (χ0) is 35.4. The Hall–Kier alpha value is -6.74. The van der Waals surface area contributed by atoms with E-state index in [9.17, 15) is 35.7 Å². The van der Waals surface area contributed by atoms with E-state index in [1.54, 1.807) is 78.9 Å². The summed E-state index contributed by atoms with van der Waals surface area (Å²) < 4.78 is 13.3. The highest BCUT2D eigenvalue weighted by Crippen LogP contribution is 2.59. The topological polar surface area (TPSA) is 160 Å². The van der Waals surface area contributed by atoms with Crippen LogP contribution in [-0.2, 0) is 0 Å². The first kappa shape index (κ1) is 31.5. The van der Waals surface area contributed by atoms with Crippen molar-refractivity contribution < 1.29 is 45.2 Å². The quantitative estimate of drug-likeness (QED) is 0.0858. The molecule has 6 aromatic rings. The first-order valence-electron chi connectivity index (χ1n) is 16.3. The molecule has 254 valence electrons. The van der Waals surface area contributed by atoms with Crippen LogP contribution >= 0.6 is 0 Å². The molecule has 0 aromatic heterocycles. The van der Waals surface area contributed by atoms with Crippen LogP contribution in [0.25, 0.3) is 12.2 Å². The number of benzene rings is 6. The summed E-state index contributed by atoms with van der Waals surface area (Å²) in [6.07, 6.45) is 2.37. The van der Waals surface area contributed by atoms with E-state index in [2.05, 4.69) is 0 Å². The van der Waals surface area contributed by atoms with Gasteiger partial charge in [0.05, 0.1) is 11.8 Å². The molecule has 7 N–H and O–H groups in total. The van der Waals surface area contributed by atoms with Gasteiger partial charge in [-0.3, -0.25) is 0 Å². The lowest BCUT2D eigenvalue weighted by molar-refractivity contribution is 0.220. The van der Waals surface area contributed by atoms with Crippen molar-refractivity contribution in [3.8, 4) is 51.7 Å². The van der Waals surface area contributed by atoms with E-state index in [1.165, 1.54) is 24.3 Å². The predicted molar refractivity (Wildman–Crippen MR) is 190 cm³/mol. The van der Waals surface area contributed by atoms with Gasteiger partial charge in [-0.15, -0.1) is 0 Å². The zero-order valence-corrected chi connectivity index (χ0v) is 26.9. The SMILES string of the molecule is Oc1ccc(C2Oc3ccc(/C=C/c4cc(O)cc(O)c4)cc3C2c2cc(O)cc3c2C(c2cc(O)cc(O)c2)C(c2ccc(O)cc2)O3)cc1. The Labute approximate surface area is 292 Å². The monoisotopic (exact) mass is 680 g/mol. The Morgan fingerprint density at radius 2 is 0.882 bits per heavy atom. The molecule has 0 bridgehead atoms. The summed E-state index contributed by atoms with van der Waals surface area (Å²) in [5.74, 6) is -0.301. The van der Waals surface area contributed by atoms with E-state index in [4.69, 9.17) is 9.47 Å². The van der Waals surface area contributed by atoms with Gasteiger partial charge in [0.15, 0.2) is 0 Å². The molecule has 0 fully saturated rings. The van der Waals surface area contributed by atoms with E-state index >= 15 is 0 Å². The lowest BCUT2D eigenvalue weighted by atomic mass is 9.76. The summed E-state index contributed by atoms with van der Waals surface area (Å²) in [7, 11) is 0. The van der Waals surface area contributed by atoms with Crippen molar-refractivity contribution >= 4 is 12.2 Å². The third-order valence-corrected chi connectivity index (χ3v) is 9.41. The van der Waals surface area contributed by atoms with Crippen molar-refractivity contribution in [2.75, 3.05) is 0 Å². The van der Waals surface area contributed by atoms with Crippen molar-refractivity contribution in [1.29, 1.82) is 0 Å². The molecule has 6 aromatic carbocycles. The number of ether oxygens (including phenoxy) is 2.